The molecule has 0 spiro atoms. The summed E-state index contributed by atoms with van der Waals surface area (Å²) in [6, 6.07) is 4.24. The third-order valence-corrected chi connectivity index (χ3v) is 6.40. The zero-order valence-electron chi connectivity index (χ0n) is 12.1. The normalized spacial score (nSPS) is 40.0. The molecule has 4 rings (SSSR count). The Morgan fingerprint density at radius 3 is 2.81 bits per heavy atom. The molecule has 4 atom stereocenters. The number of pyridine rings is 1. The number of nitrogens with zero attached hydrogens (tertiary/aromatic N) is 2. The van der Waals surface area contributed by atoms with Crippen molar-refractivity contribution in [3.8, 4) is 0 Å². The van der Waals surface area contributed by atoms with Gasteiger partial charge in [-0.05, 0) is 55.7 Å². The lowest BCUT2D eigenvalue weighted by Crippen LogP contribution is -2.32. The second-order valence-electron chi connectivity index (χ2n) is 6.50. The van der Waals surface area contributed by atoms with Gasteiger partial charge < -0.3 is 5.32 Å². The van der Waals surface area contributed by atoms with Crippen molar-refractivity contribution in [2.45, 2.75) is 43.4 Å². The Labute approximate surface area is 128 Å². The smallest absolute Gasteiger partial charge is 0.246 e. The van der Waals surface area contributed by atoms with Crippen LogP contribution >= 0.6 is 11.8 Å². The van der Waals surface area contributed by atoms with Crippen LogP contribution in [0.25, 0.3) is 0 Å². The molecule has 1 saturated heterocycles. The molecule has 3 aliphatic rings. The minimum Gasteiger partial charge on any atom is -0.304 e. The number of hydrogen-bond acceptors (Lipinski definition) is 4. The van der Waals surface area contributed by atoms with Gasteiger partial charge in [-0.2, -0.15) is 0 Å². The zero-order valence-corrected chi connectivity index (χ0v) is 12.9. The van der Waals surface area contributed by atoms with Crippen molar-refractivity contribution in [1.29, 1.82) is 0 Å². The standard InChI is InChI=1S/C16H19N3OS/c1-16(12-4-6-17-7-5-12)14(20)19-15(21-16)18-13-9-10-2-3-11(13)8-10/h4-7,10-11,13H,2-3,8-9H2,1H3,(H,18,19,20)/t10-,11-,13-,16?/m0/s1. The van der Waals surface area contributed by atoms with E-state index in [1.165, 1.54) is 25.7 Å². The Morgan fingerprint density at radius 2 is 2.14 bits per heavy atom. The predicted molar refractivity (Wildman–Crippen MR) is 84.0 cm³/mol. The Balaban J connectivity index is 1.57. The maximum atomic E-state index is 12.4. The van der Waals surface area contributed by atoms with Gasteiger partial charge in [0, 0.05) is 12.4 Å². The SMILES string of the molecule is CC1(c2ccncc2)SC(=N[C@H]2C[C@H]3CC[C@H]2C3)NC1=O. The topological polar surface area (TPSA) is 54.4 Å². The van der Waals surface area contributed by atoms with Crippen molar-refractivity contribution in [3.05, 3.63) is 30.1 Å². The summed E-state index contributed by atoms with van der Waals surface area (Å²) in [7, 11) is 0. The van der Waals surface area contributed by atoms with E-state index in [1.54, 1.807) is 24.2 Å². The molecule has 1 aromatic heterocycles. The maximum Gasteiger partial charge on any atom is 0.246 e. The number of aliphatic imine (C=N–C) groups is 1. The first-order chi connectivity index (χ1) is 10.1. The lowest BCUT2D eigenvalue weighted by atomic mass is 9.96. The van der Waals surface area contributed by atoms with E-state index in [-0.39, 0.29) is 5.91 Å². The predicted octanol–water partition coefficient (Wildman–Crippen LogP) is 2.70. The van der Waals surface area contributed by atoms with Gasteiger partial charge in [-0.1, -0.05) is 18.2 Å². The number of amides is 1. The Bertz CT molecular complexity index is 603. The van der Waals surface area contributed by atoms with Gasteiger partial charge in [0.2, 0.25) is 5.91 Å². The molecule has 5 heteroatoms. The fraction of sp³-hybridized carbons (Fsp3) is 0.562. The summed E-state index contributed by atoms with van der Waals surface area (Å²) in [4.78, 5) is 21.3. The molecule has 1 aromatic rings. The molecule has 4 nitrogen and oxygen atoms in total. The number of rotatable bonds is 2. The van der Waals surface area contributed by atoms with Gasteiger partial charge in [0.05, 0.1) is 6.04 Å². The molecule has 2 saturated carbocycles. The van der Waals surface area contributed by atoms with Crippen LogP contribution in [0, 0.1) is 11.8 Å². The van der Waals surface area contributed by atoms with Crippen LogP contribution in [0.2, 0.25) is 0 Å². The zero-order chi connectivity index (χ0) is 14.4. The minimum absolute atomic E-state index is 0.0283. The molecule has 1 amide bonds. The second kappa shape index (κ2) is 4.83. The van der Waals surface area contributed by atoms with Crippen LogP contribution in [0.1, 0.15) is 38.2 Å². The molecule has 2 heterocycles. The second-order valence-corrected chi connectivity index (χ2v) is 7.91. The van der Waals surface area contributed by atoms with Gasteiger partial charge in [0.15, 0.2) is 5.17 Å². The number of aromatic nitrogens is 1. The van der Waals surface area contributed by atoms with E-state index < -0.39 is 4.75 Å². The van der Waals surface area contributed by atoms with Gasteiger partial charge in [0.25, 0.3) is 0 Å². The van der Waals surface area contributed by atoms with Crippen molar-refractivity contribution in [3.63, 3.8) is 0 Å². The summed E-state index contributed by atoms with van der Waals surface area (Å²) in [6.45, 7) is 1.96. The van der Waals surface area contributed by atoms with E-state index in [1.807, 2.05) is 19.1 Å². The number of fused-ring (bicyclic) bond motifs is 2. The lowest BCUT2D eigenvalue weighted by Gasteiger charge is -2.19. The number of nitrogens with one attached hydrogen (secondary N) is 1. The van der Waals surface area contributed by atoms with Crippen LogP contribution in [0.4, 0.5) is 0 Å². The molecule has 3 fully saturated rings. The van der Waals surface area contributed by atoms with Crippen molar-refractivity contribution in [2.24, 2.45) is 16.8 Å². The first kappa shape index (κ1) is 13.3. The quantitative estimate of drug-likeness (QED) is 0.914. The number of carbonyl (C=O) groups excluding carboxylic acids is 1. The summed E-state index contributed by atoms with van der Waals surface area (Å²) in [6.07, 6.45) is 8.70. The summed E-state index contributed by atoms with van der Waals surface area (Å²) in [5.41, 5.74) is 0.984. The molecule has 1 aliphatic heterocycles. The van der Waals surface area contributed by atoms with Crippen molar-refractivity contribution in [2.75, 3.05) is 0 Å². The van der Waals surface area contributed by atoms with E-state index in [2.05, 4.69) is 10.3 Å². The van der Waals surface area contributed by atoms with Gasteiger partial charge in [-0.3, -0.25) is 14.8 Å². The van der Waals surface area contributed by atoms with Crippen LogP contribution < -0.4 is 5.32 Å². The van der Waals surface area contributed by atoms with E-state index in [0.717, 1.165) is 22.6 Å². The fourth-order valence-corrected chi connectivity index (χ4v) is 5.04. The van der Waals surface area contributed by atoms with E-state index in [4.69, 9.17) is 4.99 Å². The number of amidine groups is 1. The number of carbonyl (C=O) groups is 1. The summed E-state index contributed by atoms with van der Waals surface area (Å²) < 4.78 is -0.584. The Kier molecular flexibility index (Phi) is 3.06. The van der Waals surface area contributed by atoms with Crippen LogP contribution in [0.5, 0.6) is 0 Å². The van der Waals surface area contributed by atoms with Crippen LogP contribution in [0.3, 0.4) is 0 Å². The molecular weight excluding hydrogens is 282 g/mol. The number of thioether (sulfide) groups is 1. The molecule has 1 N–H and O–H groups in total. The highest BCUT2D eigenvalue weighted by molar-refractivity contribution is 8.15. The maximum absolute atomic E-state index is 12.4. The molecule has 21 heavy (non-hydrogen) atoms. The van der Waals surface area contributed by atoms with Gasteiger partial charge in [0.1, 0.15) is 4.75 Å². The van der Waals surface area contributed by atoms with Gasteiger partial charge >= 0.3 is 0 Å². The first-order valence-electron chi connectivity index (χ1n) is 7.64. The highest BCUT2D eigenvalue weighted by Gasteiger charge is 2.45. The van der Waals surface area contributed by atoms with Gasteiger partial charge in [-0.15, -0.1) is 0 Å². The highest BCUT2D eigenvalue weighted by Crippen LogP contribution is 2.47. The van der Waals surface area contributed by atoms with E-state index >= 15 is 0 Å². The molecule has 0 radical (unpaired) electrons. The minimum atomic E-state index is -0.584. The van der Waals surface area contributed by atoms with E-state index in [0.29, 0.717) is 6.04 Å². The third kappa shape index (κ3) is 2.18. The van der Waals surface area contributed by atoms with Crippen LogP contribution in [-0.4, -0.2) is 22.1 Å². The largest absolute Gasteiger partial charge is 0.304 e. The van der Waals surface area contributed by atoms with Crippen LogP contribution in [0.15, 0.2) is 29.5 Å². The average Bonchev–Trinajstić information content (AvgIpc) is 3.16. The van der Waals surface area contributed by atoms with Crippen molar-refractivity contribution in [1.82, 2.24) is 10.3 Å². The van der Waals surface area contributed by atoms with E-state index in [9.17, 15) is 4.79 Å². The van der Waals surface area contributed by atoms with Crippen LogP contribution in [-0.2, 0) is 9.54 Å². The molecule has 2 aliphatic carbocycles. The number of hydrogen-bond donors (Lipinski definition) is 1. The summed E-state index contributed by atoms with van der Waals surface area (Å²) >= 11 is 1.55. The third-order valence-electron chi connectivity index (χ3n) is 5.17. The van der Waals surface area contributed by atoms with Gasteiger partial charge in [-0.25, -0.2) is 0 Å². The fourth-order valence-electron chi connectivity index (χ4n) is 3.92. The summed E-state index contributed by atoms with van der Waals surface area (Å²) in [5.74, 6) is 1.64. The van der Waals surface area contributed by atoms with Crippen molar-refractivity contribution >= 4 is 22.8 Å². The molecule has 2 bridgehead atoms. The Hall–Kier alpha value is -1.36. The first-order valence-corrected chi connectivity index (χ1v) is 8.45. The lowest BCUT2D eigenvalue weighted by molar-refractivity contribution is -0.121. The Morgan fingerprint density at radius 1 is 1.33 bits per heavy atom. The monoisotopic (exact) mass is 301 g/mol. The average molecular weight is 301 g/mol. The molecule has 0 aromatic carbocycles. The molecule has 110 valence electrons. The highest BCUT2D eigenvalue weighted by atomic mass is 32.2. The molecule has 1 unspecified atom stereocenters. The van der Waals surface area contributed by atoms with Crippen molar-refractivity contribution < 1.29 is 4.79 Å². The molecular formula is C16H19N3OS. The summed E-state index contributed by atoms with van der Waals surface area (Å²) in [5, 5.41) is 3.79.